The number of nitrogens with zero attached hydrogens (tertiary/aromatic N) is 1. The van der Waals surface area contributed by atoms with Gasteiger partial charge in [-0.25, -0.2) is 5.43 Å². The highest BCUT2D eigenvalue weighted by molar-refractivity contribution is 9.10. The molecule has 0 atom stereocenters. The summed E-state index contributed by atoms with van der Waals surface area (Å²) in [6, 6.07) is 20.8. The second-order valence-electron chi connectivity index (χ2n) is 6.02. The van der Waals surface area contributed by atoms with Gasteiger partial charge in [0.1, 0.15) is 5.75 Å². The molecule has 3 aromatic rings. The number of amides is 1. The quantitative estimate of drug-likeness (QED) is 0.410. The van der Waals surface area contributed by atoms with Gasteiger partial charge in [0, 0.05) is 10.0 Å². The Hall–Kier alpha value is -3.32. The Labute approximate surface area is 176 Å². The lowest BCUT2D eigenvalue weighted by Gasteiger charge is -2.07. The third kappa shape index (κ3) is 5.58. The summed E-state index contributed by atoms with van der Waals surface area (Å²) >= 11 is 3.32. The first-order valence-electron chi connectivity index (χ1n) is 8.73. The molecular weight excluding hydrogens is 436 g/mol. The molecule has 0 bridgehead atoms. The van der Waals surface area contributed by atoms with Crippen molar-refractivity contribution in [3.8, 4) is 28.4 Å². The van der Waals surface area contributed by atoms with Crippen LogP contribution in [0.5, 0.6) is 17.2 Å². The van der Waals surface area contributed by atoms with Crippen molar-refractivity contribution >= 4 is 28.1 Å². The van der Waals surface area contributed by atoms with Crippen molar-refractivity contribution in [2.75, 3.05) is 13.7 Å². The van der Waals surface area contributed by atoms with Crippen molar-refractivity contribution in [2.45, 2.75) is 0 Å². The van der Waals surface area contributed by atoms with Gasteiger partial charge in [-0.05, 0) is 35.4 Å². The summed E-state index contributed by atoms with van der Waals surface area (Å²) in [6.45, 7) is -0.185. The fourth-order valence-electron chi connectivity index (χ4n) is 2.58. The van der Waals surface area contributed by atoms with Gasteiger partial charge in [-0.1, -0.05) is 58.4 Å². The molecule has 0 fully saturated rings. The average Bonchev–Trinajstić information content (AvgIpc) is 2.75. The van der Waals surface area contributed by atoms with Crippen molar-refractivity contribution in [2.24, 2.45) is 5.10 Å². The Balaban J connectivity index is 1.53. The topological polar surface area (TPSA) is 80.2 Å². The van der Waals surface area contributed by atoms with Gasteiger partial charge in [0.05, 0.1) is 13.3 Å². The van der Waals surface area contributed by atoms with Crippen molar-refractivity contribution in [3.63, 3.8) is 0 Å². The van der Waals surface area contributed by atoms with E-state index in [9.17, 15) is 9.90 Å². The number of hydrogen-bond acceptors (Lipinski definition) is 5. The molecule has 0 radical (unpaired) electrons. The number of aromatic hydroxyl groups is 1. The molecule has 6 nitrogen and oxygen atoms in total. The molecule has 0 saturated heterocycles. The Bertz CT molecular complexity index is 1010. The third-order valence-corrected chi connectivity index (χ3v) is 4.47. The van der Waals surface area contributed by atoms with Gasteiger partial charge in [0.15, 0.2) is 18.1 Å². The van der Waals surface area contributed by atoms with Crippen LogP contribution in [0.3, 0.4) is 0 Å². The average molecular weight is 455 g/mol. The Morgan fingerprint density at radius 1 is 1.10 bits per heavy atom. The second-order valence-corrected chi connectivity index (χ2v) is 6.93. The summed E-state index contributed by atoms with van der Waals surface area (Å²) in [5.74, 6) is 0.394. The van der Waals surface area contributed by atoms with E-state index in [4.69, 9.17) is 9.47 Å². The van der Waals surface area contributed by atoms with Gasteiger partial charge in [0.2, 0.25) is 0 Å². The normalized spacial score (nSPS) is 10.7. The summed E-state index contributed by atoms with van der Waals surface area (Å²) in [5.41, 5.74) is 4.93. The monoisotopic (exact) mass is 454 g/mol. The molecule has 0 saturated carbocycles. The molecule has 7 heteroatoms. The fraction of sp³-hybridized carbons (Fsp3) is 0.0909. The molecule has 0 aliphatic rings. The van der Waals surface area contributed by atoms with Gasteiger partial charge in [-0.2, -0.15) is 5.10 Å². The minimum Gasteiger partial charge on any atom is -0.504 e. The molecule has 2 N–H and O–H groups in total. The maximum Gasteiger partial charge on any atom is 0.277 e. The Kier molecular flexibility index (Phi) is 6.86. The first kappa shape index (κ1) is 20.4. The number of hydrogen-bond donors (Lipinski definition) is 2. The predicted octanol–water partition coefficient (Wildman–Crippen LogP) is 4.36. The van der Waals surface area contributed by atoms with Crippen LogP contribution in [-0.4, -0.2) is 30.9 Å². The van der Waals surface area contributed by atoms with E-state index in [1.165, 1.54) is 13.3 Å². The lowest BCUT2D eigenvalue weighted by Crippen LogP contribution is -2.24. The number of halogens is 1. The highest BCUT2D eigenvalue weighted by atomic mass is 79.9. The van der Waals surface area contributed by atoms with Crippen LogP contribution >= 0.6 is 15.9 Å². The van der Waals surface area contributed by atoms with Crippen LogP contribution in [-0.2, 0) is 4.79 Å². The van der Waals surface area contributed by atoms with Crippen LogP contribution in [0.15, 0.2) is 76.3 Å². The lowest BCUT2D eigenvalue weighted by molar-refractivity contribution is -0.123. The minimum atomic E-state index is -0.421. The number of carbonyl (C=O) groups excluding carboxylic acids is 1. The van der Waals surface area contributed by atoms with E-state index in [1.54, 1.807) is 12.1 Å². The van der Waals surface area contributed by atoms with E-state index in [1.807, 2.05) is 54.6 Å². The number of hydrazone groups is 1. The van der Waals surface area contributed by atoms with E-state index in [2.05, 4.69) is 26.5 Å². The van der Waals surface area contributed by atoms with Gasteiger partial charge >= 0.3 is 0 Å². The summed E-state index contributed by atoms with van der Waals surface area (Å²) in [5, 5.41) is 13.9. The van der Waals surface area contributed by atoms with Gasteiger partial charge in [-0.15, -0.1) is 0 Å². The number of nitrogens with one attached hydrogen (secondary N) is 1. The van der Waals surface area contributed by atoms with E-state index >= 15 is 0 Å². The van der Waals surface area contributed by atoms with E-state index < -0.39 is 5.91 Å². The van der Waals surface area contributed by atoms with Gasteiger partial charge in [-0.3, -0.25) is 4.79 Å². The summed E-state index contributed by atoms with van der Waals surface area (Å²) < 4.78 is 11.3. The molecule has 1 amide bonds. The minimum absolute atomic E-state index is 0.0662. The van der Waals surface area contributed by atoms with Crippen LogP contribution in [0.2, 0.25) is 0 Å². The lowest BCUT2D eigenvalue weighted by atomic mass is 10.1. The van der Waals surface area contributed by atoms with Crippen molar-refractivity contribution in [1.29, 1.82) is 0 Å². The molecule has 0 heterocycles. The molecule has 3 aromatic carbocycles. The Morgan fingerprint density at radius 2 is 1.79 bits per heavy atom. The molecule has 0 aliphatic carbocycles. The predicted molar refractivity (Wildman–Crippen MR) is 115 cm³/mol. The van der Waals surface area contributed by atoms with Crippen LogP contribution < -0.4 is 14.9 Å². The van der Waals surface area contributed by atoms with Crippen LogP contribution in [0, 0.1) is 0 Å². The number of methoxy groups -OCH3 is 1. The van der Waals surface area contributed by atoms with E-state index in [0.717, 1.165) is 11.1 Å². The molecule has 0 spiro atoms. The summed E-state index contributed by atoms with van der Waals surface area (Å²) in [6.07, 6.45) is 1.33. The largest absolute Gasteiger partial charge is 0.504 e. The molecule has 3 rings (SSSR count). The second kappa shape index (κ2) is 9.75. The molecule has 0 aliphatic heterocycles. The molecule has 0 aromatic heterocycles. The highest BCUT2D eigenvalue weighted by Gasteiger charge is 2.08. The SMILES string of the molecule is COc1cc(Br)cc(/C=N\NC(=O)COc2ccc(-c3ccccc3)cc2)c1O. The van der Waals surface area contributed by atoms with Crippen LogP contribution in [0.1, 0.15) is 5.56 Å². The first-order valence-corrected chi connectivity index (χ1v) is 9.53. The third-order valence-electron chi connectivity index (χ3n) is 4.01. The standard InChI is InChI=1S/C22H19BrN2O4/c1-28-20-12-18(23)11-17(22(20)27)13-24-25-21(26)14-29-19-9-7-16(8-10-19)15-5-3-2-4-6-15/h2-13,27H,14H2,1H3,(H,25,26)/b24-13-. The van der Waals surface area contributed by atoms with Gasteiger partial charge < -0.3 is 14.6 Å². The first-order chi connectivity index (χ1) is 14.1. The number of ether oxygens (including phenoxy) is 2. The molecule has 0 unspecified atom stereocenters. The van der Waals surface area contributed by atoms with Crippen molar-refractivity contribution in [3.05, 3.63) is 76.8 Å². The maximum atomic E-state index is 11.9. The zero-order chi connectivity index (χ0) is 20.6. The molecular formula is C22H19BrN2O4. The van der Waals surface area contributed by atoms with Crippen LogP contribution in [0.25, 0.3) is 11.1 Å². The zero-order valence-corrected chi connectivity index (χ0v) is 17.2. The maximum absolute atomic E-state index is 11.9. The number of rotatable bonds is 7. The fourth-order valence-corrected chi connectivity index (χ4v) is 3.03. The van der Waals surface area contributed by atoms with E-state index in [0.29, 0.717) is 21.5 Å². The van der Waals surface area contributed by atoms with Crippen LogP contribution in [0.4, 0.5) is 0 Å². The van der Waals surface area contributed by atoms with Crippen molar-refractivity contribution < 1.29 is 19.4 Å². The smallest absolute Gasteiger partial charge is 0.277 e. The number of carbonyl (C=O) groups is 1. The zero-order valence-electron chi connectivity index (χ0n) is 15.6. The van der Waals surface area contributed by atoms with E-state index in [-0.39, 0.29) is 12.4 Å². The summed E-state index contributed by atoms with van der Waals surface area (Å²) in [4.78, 5) is 11.9. The summed E-state index contributed by atoms with van der Waals surface area (Å²) in [7, 11) is 1.45. The molecule has 148 valence electrons. The number of phenolic OH excluding ortho intramolecular Hbond substituents is 1. The Morgan fingerprint density at radius 3 is 2.48 bits per heavy atom. The number of phenols is 1. The number of benzene rings is 3. The molecule has 29 heavy (non-hydrogen) atoms. The van der Waals surface area contributed by atoms with Gasteiger partial charge in [0.25, 0.3) is 5.91 Å². The highest BCUT2D eigenvalue weighted by Crippen LogP contribution is 2.32. The van der Waals surface area contributed by atoms with Crippen molar-refractivity contribution in [1.82, 2.24) is 5.43 Å².